The van der Waals surface area contributed by atoms with Crippen molar-refractivity contribution in [2.24, 2.45) is 5.92 Å². The second-order valence-electron chi connectivity index (χ2n) is 13.7. The Kier molecular flexibility index (Phi) is 4.22. The quantitative estimate of drug-likeness (QED) is 0.178. The fraction of sp³-hybridized carbons (Fsp3) is 0.163. The maximum atomic E-state index is 6.65. The maximum absolute atomic E-state index is 6.65. The lowest BCUT2D eigenvalue weighted by atomic mass is 9.69. The number of benzene rings is 5. The number of nitrogens with zero attached hydrogens (tertiary/aromatic N) is 1. The van der Waals surface area contributed by atoms with Gasteiger partial charge in [0.2, 0.25) is 0 Å². The van der Waals surface area contributed by atoms with E-state index in [0.29, 0.717) is 11.8 Å². The highest BCUT2D eigenvalue weighted by Gasteiger charge is 2.57. The zero-order valence-corrected chi connectivity index (χ0v) is 25.1. The first-order valence-electron chi connectivity index (χ1n) is 16.1. The predicted octanol–water partition coefficient (Wildman–Crippen LogP) is 9.73. The summed E-state index contributed by atoms with van der Waals surface area (Å²) < 4.78 is 9.24. The molecule has 2 nitrogen and oxygen atoms in total. The van der Waals surface area contributed by atoms with Gasteiger partial charge in [-0.1, -0.05) is 116 Å². The molecular formula is C43H29NO. The smallest absolute Gasteiger partial charge is 0.179 e. The van der Waals surface area contributed by atoms with Gasteiger partial charge in [0.25, 0.3) is 0 Å². The number of rotatable bonds is 1. The summed E-state index contributed by atoms with van der Waals surface area (Å²) in [5.41, 5.74) is 11.5. The van der Waals surface area contributed by atoms with Crippen LogP contribution < -0.4 is 4.74 Å². The van der Waals surface area contributed by atoms with Crippen LogP contribution in [0.4, 0.5) is 0 Å². The second-order valence-corrected chi connectivity index (χ2v) is 13.7. The normalized spacial score (nSPS) is 27.6. The van der Waals surface area contributed by atoms with Crippen LogP contribution in [0.2, 0.25) is 0 Å². The van der Waals surface area contributed by atoms with E-state index in [-0.39, 0.29) is 11.3 Å². The Bertz CT molecular complexity index is 2530. The molecule has 5 aromatic carbocycles. The molecule has 1 aromatic heterocycles. The van der Waals surface area contributed by atoms with Crippen molar-refractivity contribution in [3.8, 4) is 17.6 Å². The van der Waals surface area contributed by atoms with Crippen LogP contribution in [-0.4, -0.2) is 10.2 Å². The molecule has 0 saturated heterocycles. The molecule has 0 radical (unpaired) electrons. The van der Waals surface area contributed by atoms with E-state index in [9.17, 15) is 0 Å². The van der Waals surface area contributed by atoms with Crippen molar-refractivity contribution in [1.29, 1.82) is 0 Å². The summed E-state index contributed by atoms with van der Waals surface area (Å²) >= 11 is 0. The average molecular weight is 576 g/mol. The van der Waals surface area contributed by atoms with E-state index in [4.69, 9.17) is 4.74 Å². The second kappa shape index (κ2) is 7.87. The molecule has 5 aliphatic rings. The highest BCUT2D eigenvalue weighted by Crippen LogP contribution is 2.68. The number of para-hydroxylation sites is 2. The Morgan fingerprint density at radius 2 is 1.51 bits per heavy atom. The van der Waals surface area contributed by atoms with Gasteiger partial charge in [-0.3, -0.25) is 0 Å². The molecule has 0 saturated carbocycles. The van der Waals surface area contributed by atoms with Crippen molar-refractivity contribution >= 4 is 43.8 Å². The van der Waals surface area contributed by atoms with E-state index in [1.807, 2.05) is 0 Å². The van der Waals surface area contributed by atoms with E-state index in [0.717, 1.165) is 5.75 Å². The third-order valence-electron chi connectivity index (χ3n) is 11.6. The molecule has 0 bridgehead atoms. The monoisotopic (exact) mass is 575 g/mol. The predicted molar refractivity (Wildman–Crippen MR) is 183 cm³/mol. The Morgan fingerprint density at radius 3 is 2.40 bits per heavy atom. The lowest BCUT2D eigenvalue weighted by molar-refractivity contribution is 0.168. The van der Waals surface area contributed by atoms with Gasteiger partial charge in [-0.2, -0.15) is 0 Å². The van der Waals surface area contributed by atoms with Gasteiger partial charge in [-0.05, 0) is 63.6 Å². The first-order chi connectivity index (χ1) is 22.1. The molecule has 212 valence electrons. The van der Waals surface area contributed by atoms with Crippen molar-refractivity contribution in [1.82, 2.24) is 4.57 Å². The molecular weight excluding hydrogens is 546 g/mol. The number of ether oxygens (including phenoxy) is 1. The molecule has 0 fully saturated rings. The van der Waals surface area contributed by atoms with Crippen LogP contribution in [0.3, 0.4) is 0 Å². The summed E-state index contributed by atoms with van der Waals surface area (Å²) in [5.74, 6) is 8.50. The molecule has 2 heterocycles. The first-order valence-corrected chi connectivity index (χ1v) is 16.1. The summed E-state index contributed by atoms with van der Waals surface area (Å²) in [6.45, 7) is 4.66. The van der Waals surface area contributed by atoms with Crippen LogP contribution in [0.1, 0.15) is 53.5 Å². The highest BCUT2D eigenvalue weighted by atomic mass is 16.5. The zero-order valence-electron chi connectivity index (χ0n) is 25.1. The number of fused-ring (bicyclic) bond motifs is 16. The fourth-order valence-electron chi connectivity index (χ4n) is 9.99. The molecule has 0 spiro atoms. The van der Waals surface area contributed by atoms with Gasteiger partial charge >= 0.3 is 0 Å². The van der Waals surface area contributed by atoms with E-state index < -0.39 is 5.60 Å². The molecule has 4 unspecified atom stereocenters. The SMILES string of the molecule is CC12C#CC=C(n3c4ccccc4c4c5ccccc5c5c(c43)C3(C)C=CC=C4c6ccccc6[C@H]5C43)C1c1ccccc1O2. The molecule has 6 aromatic rings. The largest absolute Gasteiger partial charge is 0.473 e. The minimum atomic E-state index is -0.633. The van der Waals surface area contributed by atoms with Crippen LogP contribution in [0, 0.1) is 17.8 Å². The van der Waals surface area contributed by atoms with Crippen LogP contribution in [0.5, 0.6) is 5.75 Å². The third kappa shape index (κ3) is 2.68. The fourth-order valence-corrected chi connectivity index (χ4v) is 9.99. The molecule has 0 N–H and O–H groups in total. The lowest BCUT2D eigenvalue weighted by Crippen LogP contribution is -2.36. The molecule has 4 aliphatic carbocycles. The van der Waals surface area contributed by atoms with Crippen molar-refractivity contribution in [3.63, 3.8) is 0 Å². The number of aromatic nitrogens is 1. The van der Waals surface area contributed by atoms with Crippen LogP contribution >= 0.6 is 0 Å². The van der Waals surface area contributed by atoms with Crippen molar-refractivity contribution in [3.05, 3.63) is 149 Å². The van der Waals surface area contributed by atoms with Gasteiger partial charge in [-0.15, -0.1) is 0 Å². The average Bonchev–Trinajstić information content (AvgIpc) is 3.76. The Morgan fingerprint density at radius 1 is 0.778 bits per heavy atom. The minimum Gasteiger partial charge on any atom is -0.473 e. The van der Waals surface area contributed by atoms with E-state index in [2.05, 4.69) is 152 Å². The highest BCUT2D eigenvalue weighted by molar-refractivity contribution is 6.24. The van der Waals surface area contributed by atoms with Crippen molar-refractivity contribution in [2.45, 2.75) is 36.7 Å². The Hall–Kier alpha value is -5.26. The summed E-state index contributed by atoms with van der Waals surface area (Å²) in [6, 6.07) is 35.8. The molecule has 5 atom stereocenters. The van der Waals surface area contributed by atoms with Gasteiger partial charge in [0.05, 0.1) is 17.0 Å². The Labute approximate surface area is 261 Å². The zero-order chi connectivity index (χ0) is 29.7. The molecule has 45 heavy (non-hydrogen) atoms. The third-order valence-corrected chi connectivity index (χ3v) is 11.6. The summed E-state index contributed by atoms with van der Waals surface area (Å²) in [6.07, 6.45) is 9.36. The van der Waals surface area contributed by atoms with E-state index in [1.54, 1.807) is 0 Å². The van der Waals surface area contributed by atoms with Crippen LogP contribution in [0.15, 0.2) is 121 Å². The standard InChI is InChI=1S/C43H29NO/c1-42-23-11-19-29-25-13-3-4-14-26(25)36(39(29)42)37-28-16-6-5-15-27(28)35-30-17-7-9-20-32(30)44(41(35)40(37)42)33-21-12-24-43(2)38(33)31-18-8-10-22-34(31)45-43/h3-11,13-23,36,38-39H,1-2H3/t36-,38?,39?,42?,43?/m1/s1. The van der Waals surface area contributed by atoms with E-state index in [1.165, 1.54) is 71.7 Å². The number of hydrogen-bond donors (Lipinski definition) is 0. The van der Waals surface area contributed by atoms with Crippen molar-refractivity contribution < 1.29 is 4.74 Å². The van der Waals surface area contributed by atoms with Crippen LogP contribution in [0.25, 0.3) is 43.8 Å². The Balaban J connectivity index is 1.35. The van der Waals surface area contributed by atoms with E-state index >= 15 is 0 Å². The molecule has 1 aliphatic heterocycles. The van der Waals surface area contributed by atoms with Gasteiger partial charge in [0.15, 0.2) is 5.60 Å². The topological polar surface area (TPSA) is 14.2 Å². The van der Waals surface area contributed by atoms with Crippen molar-refractivity contribution in [2.75, 3.05) is 0 Å². The lowest BCUT2D eigenvalue weighted by Gasteiger charge is -2.35. The summed E-state index contributed by atoms with van der Waals surface area (Å²) in [7, 11) is 0. The number of hydrogen-bond acceptors (Lipinski definition) is 1. The van der Waals surface area contributed by atoms with Gasteiger partial charge in [0, 0.05) is 45.4 Å². The first kappa shape index (κ1) is 24.1. The molecule has 2 heteroatoms. The summed E-state index contributed by atoms with van der Waals surface area (Å²) in [4.78, 5) is 0. The van der Waals surface area contributed by atoms with Gasteiger partial charge < -0.3 is 9.30 Å². The summed E-state index contributed by atoms with van der Waals surface area (Å²) in [5, 5.41) is 5.34. The van der Waals surface area contributed by atoms with Gasteiger partial charge in [-0.25, -0.2) is 0 Å². The number of allylic oxidation sites excluding steroid dienone is 5. The molecule has 0 amide bonds. The van der Waals surface area contributed by atoms with Crippen LogP contribution in [-0.2, 0) is 5.41 Å². The van der Waals surface area contributed by atoms with Gasteiger partial charge in [0.1, 0.15) is 5.75 Å². The maximum Gasteiger partial charge on any atom is 0.179 e. The minimum absolute atomic E-state index is 0.0112. The molecule has 11 rings (SSSR count).